The van der Waals surface area contributed by atoms with Crippen molar-refractivity contribution in [3.05, 3.63) is 34.4 Å². The summed E-state index contributed by atoms with van der Waals surface area (Å²) in [5, 5.41) is 0. The first kappa shape index (κ1) is 14.3. The molecule has 2 aromatic rings. The zero-order chi connectivity index (χ0) is 12.6. The van der Waals surface area contributed by atoms with Crippen molar-refractivity contribution in [3.63, 3.8) is 0 Å². The lowest BCUT2D eigenvalue weighted by Gasteiger charge is -1.95. The van der Waals surface area contributed by atoms with Crippen molar-refractivity contribution in [2.45, 2.75) is 34.6 Å². The van der Waals surface area contributed by atoms with Crippen LogP contribution >= 0.6 is 0 Å². The number of nitrogens with one attached hydrogen (secondary N) is 1. The molecule has 0 aliphatic heterocycles. The van der Waals surface area contributed by atoms with Crippen molar-refractivity contribution in [2.75, 3.05) is 0 Å². The van der Waals surface area contributed by atoms with E-state index < -0.39 is 0 Å². The van der Waals surface area contributed by atoms with Crippen molar-refractivity contribution < 1.29 is 0 Å². The van der Waals surface area contributed by atoms with Crippen molar-refractivity contribution in [2.24, 2.45) is 0 Å². The number of pyridine rings is 1. The fourth-order valence-corrected chi connectivity index (χ4v) is 1.04. The largest absolute Gasteiger partial charge is 0.318 e. The van der Waals surface area contributed by atoms with Gasteiger partial charge in [-0.1, -0.05) is 27.7 Å². The Morgan fingerprint density at radius 2 is 1.62 bits per heavy atom. The van der Waals surface area contributed by atoms with Crippen LogP contribution in [0.25, 0.3) is 11.2 Å². The SMILES string of the molecule is CC.CC.Cc1cnc2ncc(=O)[nH]c2c1. The van der Waals surface area contributed by atoms with E-state index in [0.29, 0.717) is 11.2 Å². The highest BCUT2D eigenvalue weighted by Gasteiger charge is 1.95. The van der Waals surface area contributed by atoms with Gasteiger partial charge in [-0.05, 0) is 18.6 Å². The summed E-state index contributed by atoms with van der Waals surface area (Å²) < 4.78 is 0. The number of aromatic amines is 1. The van der Waals surface area contributed by atoms with Gasteiger partial charge < -0.3 is 4.98 Å². The van der Waals surface area contributed by atoms with Gasteiger partial charge >= 0.3 is 0 Å². The number of hydrogen-bond donors (Lipinski definition) is 1. The van der Waals surface area contributed by atoms with Gasteiger partial charge in [0.1, 0.15) is 0 Å². The fraction of sp³-hybridized carbons (Fsp3) is 0.417. The lowest BCUT2D eigenvalue weighted by molar-refractivity contribution is 1.16. The molecule has 2 aromatic heterocycles. The minimum atomic E-state index is -0.199. The highest BCUT2D eigenvalue weighted by molar-refractivity contribution is 5.69. The van der Waals surface area contributed by atoms with E-state index in [4.69, 9.17) is 0 Å². The maximum atomic E-state index is 10.8. The Labute approximate surface area is 95.8 Å². The summed E-state index contributed by atoms with van der Waals surface area (Å²) in [6.07, 6.45) is 2.94. The average molecular weight is 221 g/mol. The first-order valence-electron chi connectivity index (χ1n) is 5.57. The number of aryl methyl sites for hydroxylation is 1. The zero-order valence-electron chi connectivity index (χ0n) is 10.5. The Morgan fingerprint density at radius 1 is 1.06 bits per heavy atom. The van der Waals surface area contributed by atoms with Crippen LogP contribution in [-0.2, 0) is 0 Å². The molecule has 0 bridgehead atoms. The molecule has 0 saturated carbocycles. The zero-order valence-corrected chi connectivity index (χ0v) is 10.5. The predicted octanol–water partition coefficient (Wildman–Crippen LogP) is 2.68. The van der Waals surface area contributed by atoms with Gasteiger partial charge in [0.05, 0.1) is 11.7 Å². The third kappa shape index (κ3) is 3.81. The maximum absolute atomic E-state index is 10.8. The number of fused-ring (bicyclic) bond motifs is 1. The summed E-state index contributed by atoms with van der Waals surface area (Å²) >= 11 is 0. The Balaban J connectivity index is 0.000000509. The van der Waals surface area contributed by atoms with Crippen LogP contribution in [0.15, 0.2) is 23.3 Å². The summed E-state index contributed by atoms with van der Waals surface area (Å²) in [6, 6.07) is 1.84. The second kappa shape index (κ2) is 7.56. The summed E-state index contributed by atoms with van der Waals surface area (Å²) in [7, 11) is 0. The van der Waals surface area contributed by atoms with Crippen LogP contribution in [0.5, 0.6) is 0 Å². The van der Waals surface area contributed by atoms with E-state index in [9.17, 15) is 4.79 Å². The fourth-order valence-electron chi connectivity index (χ4n) is 1.04. The lowest BCUT2D eigenvalue weighted by Crippen LogP contribution is -2.05. The molecule has 0 fully saturated rings. The van der Waals surface area contributed by atoms with E-state index in [0.717, 1.165) is 5.56 Å². The molecule has 0 radical (unpaired) electrons. The molecule has 0 unspecified atom stereocenters. The van der Waals surface area contributed by atoms with Crippen molar-refractivity contribution in [1.82, 2.24) is 15.0 Å². The van der Waals surface area contributed by atoms with Crippen LogP contribution in [0, 0.1) is 6.92 Å². The van der Waals surface area contributed by atoms with Crippen LogP contribution < -0.4 is 5.56 Å². The molecule has 1 N–H and O–H groups in total. The Kier molecular flexibility index (Phi) is 6.76. The normalized spacial score (nSPS) is 8.56. The molecule has 16 heavy (non-hydrogen) atoms. The second-order valence-corrected chi connectivity index (χ2v) is 2.63. The molecule has 0 spiro atoms. The molecule has 88 valence electrons. The number of H-pyrrole nitrogens is 1. The smallest absolute Gasteiger partial charge is 0.266 e. The minimum absolute atomic E-state index is 0.199. The van der Waals surface area contributed by atoms with Crippen LogP contribution in [0.4, 0.5) is 0 Å². The van der Waals surface area contributed by atoms with E-state index in [-0.39, 0.29) is 5.56 Å². The van der Waals surface area contributed by atoms with Crippen LogP contribution in [0.2, 0.25) is 0 Å². The summed E-state index contributed by atoms with van der Waals surface area (Å²) in [4.78, 5) is 21.4. The van der Waals surface area contributed by atoms with Gasteiger partial charge in [0.2, 0.25) is 0 Å². The Bertz CT molecular complexity index is 477. The summed E-state index contributed by atoms with van der Waals surface area (Å²) in [5.41, 5.74) is 2.06. The lowest BCUT2D eigenvalue weighted by atomic mass is 10.3. The standard InChI is InChI=1S/C8H7N3O.2C2H6/c1-5-2-6-8(9-3-5)10-4-7(12)11-6;2*1-2/h2-4H,1H3,(H,11,12);2*1-2H3. The van der Waals surface area contributed by atoms with Crippen LogP contribution in [0.3, 0.4) is 0 Å². The van der Waals surface area contributed by atoms with Crippen molar-refractivity contribution in [3.8, 4) is 0 Å². The van der Waals surface area contributed by atoms with Gasteiger partial charge in [0.15, 0.2) is 5.65 Å². The van der Waals surface area contributed by atoms with E-state index in [2.05, 4.69) is 15.0 Å². The molecule has 2 heterocycles. The maximum Gasteiger partial charge on any atom is 0.266 e. The monoisotopic (exact) mass is 221 g/mol. The molecule has 0 aliphatic carbocycles. The van der Waals surface area contributed by atoms with Gasteiger partial charge in [-0.3, -0.25) is 4.79 Å². The molecular formula is C12H19N3O. The van der Waals surface area contributed by atoms with E-state index in [1.807, 2.05) is 40.7 Å². The molecule has 0 aliphatic rings. The Morgan fingerprint density at radius 3 is 2.25 bits per heavy atom. The van der Waals surface area contributed by atoms with Gasteiger partial charge in [0.25, 0.3) is 5.56 Å². The summed E-state index contributed by atoms with van der Waals surface area (Å²) in [6.45, 7) is 9.91. The molecular weight excluding hydrogens is 202 g/mol. The van der Waals surface area contributed by atoms with Crippen molar-refractivity contribution >= 4 is 11.2 Å². The molecule has 0 saturated heterocycles. The molecule has 2 rings (SSSR count). The quantitative estimate of drug-likeness (QED) is 0.744. The van der Waals surface area contributed by atoms with Gasteiger partial charge in [-0.15, -0.1) is 0 Å². The first-order chi connectivity index (χ1) is 7.75. The second-order valence-electron chi connectivity index (χ2n) is 2.63. The van der Waals surface area contributed by atoms with Gasteiger partial charge in [-0.2, -0.15) is 0 Å². The third-order valence-corrected chi connectivity index (χ3v) is 1.57. The highest BCUT2D eigenvalue weighted by Crippen LogP contribution is 2.04. The number of nitrogens with zero attached hydrogens (tertiary/aromatic N) is 2. The Hall–Kier alpha value is -1.71. The predicted molar refractivity (Wildman–Crippen MR) is 67.6 cm³/mol. The number of hydrogen-bond acceptors (Lipinski definition) is 3. The van der Waals surface area contributed by atoms with E-state index in [1.165, 1.54) is 6.20 Å². The average Bonchev–Trinajstić information content (AvgIpc) is 2.33. The molecule has 0 amide bonds. The number of aromatic nitrogens is 3. The van der Waals surface area contributed by atoms with Crippen molar-refractivity contribution in [1.29, 1.82) is 0 Å². The van der Waals surface area contributed by atoms with E-state index >= 15 is 0 Å². The molecule has 0 aromatic carbocycles. The highest BCUT2D eigenvalue weighted by atomic mass is 16.1. The molecule has 4 nitrogen and oxygen atoms in total. The van der Waals surface area contributed by atoms with Gasteiger partial charge in [0, 0.05) is 6.20 Å². The third-order valence-electron chi connectivity index (χ3n) is 1.57. The van der Waals surface area contributed by atoms with Crippen LogP contribution in [-0.4, -0.2) is 15.0 Å². The number of rotatable bonds is 0. The summed E-state index contributed by atoms with van der Waals surface area (Å²) in [5.74, 6) is 0. The topological polar surface area (TPSA) is 58.6 Å². The molecule has 0 atom stereocenters. The van der Waals surface area contributed by atoms with E-state index in [1.54, 1.807) is 6.20 Å². The minimum Gasteiger partial charge on any atom is -0.318 e. The first-order valence-corrected chi connectivity index (χ1v) is 5.57. The van der Waals surface area contributed by atoms with Crippen LogP contribution in [0.1, 0.15) is 33.3 Å². The molecule has 4 heteroatoms. The van der Waals surface area contributed by atoms with Gasteiger partial charge in [-0.25, -0.2) is 9.97 Å².